The molecule has 0 saturated carbocycles. The van der Waals surface area contributed by atoms with E-state index in [0.29, 0.717) is 12.8 Å². The number of hydrogen-bond acceptors (Lipinski definition) is 13. The largest absolute Gasteiger partial charge is 0.394 e. The summed E-state index contributed by atoms with van der Waals surface area (Å²) in [6.45, 7) is 2.77. The quantitative estimate of drug-likeness (QED) is 0.0216. The van der Waals surface area contributed by atoms with Crippen molar-refractivity contribution in [2.75, 3.05) is 19.8 Å². The van der Waals surface area contributed by atoms with Crippen molar-refractivity contribution in [3.63, 3.8) is 0 Å². The van der Waals surface area contributed by atoms with E-state index in [9.17, 15) is 45.6 Å². The van der Waals surface area contributed by atoms with Crippen LogP contribution in [0.2, 0.25) is 0 Å². The molecule has 1 amide bonds. The van der Waals surface area contributed by atoms with Gasteiger partial charge in [-0.1, -0.05) is 192 Å². The molecule has 14 heteroatoms. The highest BCUT2D eigenvalue weighted by Gasteiger charge is 2.51. The smallest absolute Gasteiger partial charge is 0.220 e. The number of unbranched alkanes of at least 4 members (excludes halogenated alkanes) is 26. The maximum Gasteiger partial charge on any atom is 0.220 e. The molecule has 9 N–H and O–H groups in total. The second-order valence-electron chi connectivity index (χ2n) is 19.0. The fourth-order valence-electron chi connectivity index (χ4n) is 8.78. The van der Waals surface area contributed by atoms with Crippen LogP contribution in [0.5, 0.6) is 0 Å². The molecule has 0 aromatic carbocycles. The molecule has 12 unspecified atom stereocenters. The van der Waals surface area contributed by atoms with Gasteiger partial charge in [0.05, 0.1) is 32.0 Å². The van der Waals surface area contributed by atoms with E-state index in [2.05, 4.69) is 31.3 Å². The summed E-state index contributed by atoms with van der Waals surface area (Å²) in [6, 6.07) is -0.926. The zero-order chi connectivity index (χ0) is 48.2. The van der Waals surface area contributed by atoms with Gasteiger partial charge in [0.25, 0.3) is 0 Å². The molecule has 2 aliphatic heterocycles. The molecule has 2 saturated heterocycles. The van der Waals surface area contributed by atoms with Crippen molar-refractivity contribution in [2.24, 2.45) is 0 Å². The molecule has 0 spiro atoms. The van der Waals surface area contributed by atoms with Gasteiger partial charge in [0.1, 0.15) is 48.8 Å². The van der Waals surface area contributed by atoms with Crippen LogP contribution in [0.1, 0.15) is 206 Å². The van der Waals surface area contributed by atoms with Crippen LogP contribution in [0.3, 0.4) is 0 Å². The minimum Gasteiger partial charge on any atom is -0.394 e. The standard InChI is InChI=1S/C52H97NO13/c1-3-5-7-9-11-13-15-17-19-20-22-24-26-28-30-32-34-36-44(57)53-40(41(56)35-33-31-29-27-25-23-21-18-16-14-12-10-8-6-4-2)39-63-51-49(62)47(60)50(43(38-55)65-51)66-52-48(61)46(59)45(58)42(37-54)64-52/h25,27,33,35,40-43,45-52,54-56,58-62H,3-24,26,28-32,34,36-39H2,1-2H3,(H,53,57)/b27-25+,35-33+. The normalized spacial score (nSPS) is 26.9. The van der Waals surface area contributed by atoms with Gasteiger partial charge in [-0.25, -0.2) is 0 Å². The minimum atomic E-state index is -1.79. The summed E-state index contributed by atoms with van der Waals surface area (Å²) in [5.74, 6) is -0.247. The molecule has 12 atom stereocenters. The Hall–Kier alpha value is -1.53. The van der Waals surface area contributed by atoms with Crippen molar-refractivity contribution < 1.29 is 64.6 Å². The lowest BCUT2D eigenvalue weighted by molar-refractivity contribution is -0.359. The lowest BCUT2D eigenvalue weighted by atomic mass is 9.97. The molecule has 0 radical (unpaired) electrons. The fraction of sp³-hybridized carbons (Fsp3) is 0.904. The fourth-order valence-corrected chi connectivity index (χ4v) is 8.78. The Bertz CT molecular complexity index is 1210. The van der Waals surface area contributed by atoms with Crippen LogP contribution in [0.25, 0.3) is 0 Å². The van der Waals surface area contributed by atoms with Crippen LogP contribution < -0.4 is 5.32 Å². The molecule has 2 heterocycles. The minimum absolute atomic E-state index is 0.247. The Morgan fingerprint density at radius 2 is 0.970 bits per heavy atom. The number of aliphatic hydroxyl groups excluding tert-OH is 8. The lowest BCUT2D eigenvalue weighted by Crippen LogP contribution is -2.65. The van der Waals surface area contributed by atoms with Crippen LogP contribution >= 0.6 is 0 Å². The maximum atomic E-state index is 13.2. The molecular formula is C52H97NO13. The topological polar surface area (TPSA) is 228 Å². The van der Waals surface area contributed by atoms with E-state index in [1.807, 2.05) is 6.08 Å². The second-order valence-corrected chi connectivity index (χ2v) is 19.0. The van der Waals surface area contributed by atoms with Crippen LogP contribution in [-0.2, 0) is 23.7 Å². The van der Waals surface area contributed by atoms with Crippen LogP contribution in [0.15, 0.2) is 24.3 Å². The summed E-state index contributed by atoms with van der Waals surface area (Å²) in [7, 11) is 0. The van der Waals surface area contributed by atoms with Gasteiger partial charge in [0.2, 0.25) is 5.91 Å². The molecule has 14 nitrogen and oxygen atoms in total. The van der Waals surface area contributed by atoms with E-state index in [0.717, 1.165) is 32.1 Å². The SMILES string of the molecule is CCCCCCCCCCC/C=C/CC/C=C/C(O)C(COC1OC(CO)C(OC2OC(CO)C(O)C(O)C2O)C(O)C1O)NC(=O)CCCCCCCCCCCCCCCCCCC. The van der Waals surface area contributed by atoms with Crippen LogP contribution in [-0.4, -0.2) is 140 Å². The molecule has 2 fully saturated rings. The Morgan fingerprint density at radius 1 is 0.530 bits per heavy atom. The summed E-state index contributed by atoms with van der Waals surface area (Å²) in [4.78, 5) is 13.2. The molecule has 0 aromatic rings. The summed E-state index contributed by atoms with van der Waals surface area (Å²) >= 11 is 0. The number of carbonyl (C=O) groups excluding carboxylic acids is 1. The highest BCUT2D eigenvalue weighted by molar-refractivity contribution is 5.76. The van der Waals surface area contributed by atoms with E-state index in [1.165, 1.54) is 141 Å². The molecule has 0 bridgehead atoms. The van der Waals surface area contributed by atoms with Crippen molar-refractivity contribution >= 4 is 5.91 Å². The predicted molar refractivity (Wildman–Crippen MR) is 258 cm³/mol. The number of hydrogen-bond donors (Lipinski definition) is 9. The molecule has 2 rings (SSSR count). The van der Waals surface area contributed by atoms with Crippen LogP contribution in [0, 0.1) is 0 Å². The first-order valence-electron chi connectivity index (χ1n) is 26.6. The predicted octanol–water partition coefficient (Wildman–Crippen LogP) is 7.33. The Kier molecular flexibility index (Phi) is 36.0. The first-order valence-corrected chi connectivity index (χ1v) is 26.6. The monoisotopic (exact) mass is 944 g/mol. The average Bonchev–Trinajstić information content (AvgIpc) is 3.31. The van der Waals surface area contributed by atoms with Crippen molar-refractivity contribution in [2.45, 2.75) is 280 Å². The lowest BCUT2D eigenvalue weighted by Gasteiger charge is -2.46. The number of carbonyl (C=O) groups is 1. The van der Waals surface area contributed by atoms with Crippen molar-refractivity contribution in [1.29, 1.82) is 0 Å². The van der Waals surface area contributed by atoms with Gasteiger partial charge in [0, 0.05) is 6.42 Å². The van der Waals surface area contributed by atoms with E-state index >= 15 is 0 Å². The van der Waals surface area contributed by atoms with Crippen LogP contribution in [0.4, 0.5) is 0 Å². The number of amides is 1. The maximum absolute atomic E-state index is 13.2. The highest BCUT2D eigenvalue weighted by Crippen LogP contribution is 2.30. The summed E-state index contributed by atoms with van der Waals surface area (Å²) in [5, 5.41) is 86.8. The van der Waals surface area contributed by atoms with Crippen molar-refractivity contribution in [1.82, 2.24) is 5.32 Å². The third-order valence-corrected chi connectivity index (χ3v) is 13.1. The number of nitrogens with one attached hydrogen (secondary N) is 1. The second kappa shape index (κ2) is 39.2. The van der Waals surface area contributed by atoms with Gasteiger partial charge < -0.3 is 65.1 Å². The highest BCUT2D eigenvalue weighted by atomic mass is 16.7. The summed E-state index contributed by atoms with van der Waals surface area (Å²) in [6.07, 6.45) is 26.4. The first-order chi connectivity index (χ1) is 32.1. The van der Waals surface area contributed by atoms with Gasteiger partial charge in [-0.15, -0.1) is 0 Å². The number of allylic oxidation sites excluding steroid dienone is 3. The molecule has 66 heavy (non-hydrogen) atoms. The number of aliphatic hydroxyl groups is 8. The third-order valence-electron chi connectivity index (χ3n) is 13.1. The Labute approximate surface area is 398 Å². The average molecular weight is 944 g/mol. The van der Waals surface area contributed by atoms with E-state index in [-0.39, 0.29) is 18.9 Å². The molecular weight excluding hydrogens is 847 g/mol. The molecule has 388 valence electrons. The zero-order valence-electron chi connectivity index (χ0n) is 41.2. The number of ether oxygens (including phenoxy) is 4. The van der Waals surface area contributed by atoms with E-state index < -0.39 is 86.8 Å². The summed E-state index contributed by atoms with van der Waals surface area (Å²) in [5.41, 5.74) is 0. The van der Waals surface area contributed by atoms with Crippen molar-refractivity contribution in [3.8, 4) is 0 Å². The third kappa shape index (κ3) is 25.9. The van der Waals surface area contributed by atoms with E-state index in [1.54, 1.807) is 6.08 Å². The van der Waals surface area contributed by atoms with Gasteiger partial charge >= 0.3 is 0 Å². The van der Waals surface area contributed by atoms with Gasteiger partial charge in [0.15, 0.2) is 12.6 Å². The van der Waals surface area contributed by atoms with Gasteiger partial charge in [-0.05, 0) is 32.1 Å². The first kappa shape index (κ1) is 60.6. The molecule has 2 aliphatic rings. The number of rotatable bonds is 41. The summed E-state index contributed by atoms with van der Waals surface area (Å²) < 4.78 is 22.7. The molecule has 0 aliphatic carbocycles. The Balaban J connectivity index is 1.84. The molecule has 0 aromatic heterocycles. The van der Waals surface area contributed by atoms with Gasteiger partial charge in [-0.2, -0.15) is 0 Å². The zero-order valence-corrected chi connectivity index (χ0v) is 41.2. The van der Waals surface area contributed by atoms with Crippen molar-refractivity contribution in [3.05, 3.63) is 24.3 Å². The Morgan fingerprint density at radius 3 is 1.48 bits per heavy atom. The van der Waals surface area contributed by atoms with Gasteiger partial charge in [-0.3, -0.25) is 4.79 Å². The van der Waals surface area contributed by atoms with E-state index in [4.69, 9.17) is 18.9 Å².